The van der Waals surface area contributed by atoms with Crippen LogP contribution in [-0.2, 0) is 0 Å². The van der Waals surface area contributed by atoms with Crippen LogP contribution >= 0.6 is 0 Å². The first-order chi connectivity index (χ1) is 9.65. The van der Waals surface area contributed by atoms with Crippen LogP contribution in [0.4, 0.5) is 11.4 Å². The van der Waals surface area contributed by atoms with Crippen molar-refractivity contribution in [1.82, 2.24) is 4.98 Å². The number of nitrogens with two attached hydrogens (primary N) is 1. The van der Waals surface area contributed by atoms with Gasteiger partial charge in [0.05, 0.1) is 17.6 Å². The number of benzene rings is 1. The van der Waals surface area contributed by atoms with E-state index in [0.717, 1.165) is 24.3 Å². The lowest BCUT2D eigenvalue weighted by Crippen LogP contribution is -2.17. The molecule has 0 aliphatic carbocycles. The van der Waals surface area contributed by atoms with E-state index in [1.165, 1.54) is 11.3 Å². The van der Waals surface area contributed by atoms with Crippen molar-refractivity contribution in [2.24, 2.45) is 5.73 Å². The molecule has 1 aromatic heterocycles. The van der Waals surface area contributed by atoms with Gasteiger partial charge in [-0.2, -0.15) is 0 Å². The zero-order valence-electron chi connectivity index (χ0n) is 12.5. The number of hydrogen-bond donors (Lipinski definition) is 1. The summed E-state index contributed by atoms with van der Waals surface area (Å²) in [5.41, 5.74) is 10.5. The number of aromatic nitrogens is 1. The minimum Gasteiger partial charge on any atom is -0.341 e. The SMILES string of the molecule is CCC(N)c1ccc(N(CC)c2cccc(C)c2)cn1. The average molecular weight is 269 g/mol. The van der Waals surface area contributed by atoms with Gasteiger partial charge < -0.3 is 10.6 Å². The highest BCUT2D eigenvalue weighted by Gasteiger charge is 2.09. The number of nitrogens with zero attached hydrogens (tertiary/aromatic N) is 2. The summed E-state index contributed by atoms with van der Waals surface area (Å²) in [5, 5.41) is 0. The zero-order chi connectivity index (χ0) is 14.5. The molecule has 0 saturated heterocycles. The lowest BCUT2D eigenvalue weighted by molar-refractivity contribution is 0.675. The number of rotatable bonds is 5. The van der Waals surface area contributed by atoms with E-state index in [9.17, 15) is 0 Å². The van der Waals surface area contributed by atoms with Gasteiger partial charge in [0.1, 0.15) is 0 Å². The molecule has 0 aliphatic rings. The van der Waals surface area contributed by atoms with Crippen LogP contribution in [0.25, 0.3) is 0 Å². The molecule has 0 bridgehead atoms. The first kappa shape index (κ1) is 14.5. The zero-order valence-corrected chi connectivity index (χ0v) is 12.5. The molecule has 0 aliphatic heterocycles. The molecule has 0 saturated carbocycles. The summed E-state index contributed by atoms with van der Waals surface area (Å²) >= 11 is 0. The molecule has 0 radical (unpaired) electrons. The lowest BCUT2D eigenvalue weighted by atomic mass is 10.1. The van der Waals surface area contributed by atoms with E-state index in [1.807, 2.05) is 12.3 Å². The summed E-state index contributed by atoms with van der Waals surface area (Å²) in [7, 11) is 0. The van der Waals surface area contributed by atoms with Gasteiger partial charge in [-0.25, -0.2) is 0 Å². The predicted molar refractivity (Wildman–Crippen MR) is 85.3 cm³/mol. The molecular weight excluding hydrogens is 246 g/mol. The molecule has 0 spiro atoms. The Morgan fingerprint density at radius 1 is 1.15 bits per heavy atom. The van der Waals surface area contributed by atoms with Crippen LogP contribution < -0.4 is 10.6 Å². The number of hydrogen-bond acceptors (Lipinski definition) is 3. The Morgan fingerprint density at radius 3 is 2.50 bits per heavy atom. The van der Waals surface area contributed by atoms with Crippen molar-refractivity contribution in [2.75, 3.05) is 11.4 Å². The second-order valence-corrected chi connectivity index (χ2v) is 5.04. The van der Waals surface area contributed by atoms with Gasteiger partial charge in [0.2, 0.25) is 0 Å². The molecule has 1 heterocycles. The highest BCUT2D eigenvalue weighted by molar-refractivity contribution is 5.63. The molecular formula is C17H23N3. The van der Waals surface area contributed by atoms with E-state index in [0.29, 0.717) is 0 Å². The molecule has 2 N–H and O–H groups in total. The third-order valence-electron chi connectivity index (χ3n) is 3.53. The van der Waals surface area contributed by atoms with Gasteiger partial charge in [-0.05, 0) is 50.1 Å². The van der Waals surface area contributed by atoms with Crippen molar-refractivity contribution in [3.63, 3.8) is 0 Å². The summed E-state index contributed by atoms with van der Waals surface area (Å²) < 4.78 is 0. The Balaban J connectivity index is 2.28. The first-order valence-electron chi connectivity index (χ1n) is 7.21. The van der Waals surface area contributed by atoms with Crippen molar-refractivity contribution in [3.8, 4) is 0 Å². The van der Waals surface area contributed by atoms with Gasteiger partial charge in [-0.3, -0.25) is 4.98 Å². The highest BCUT2D eigenvalue weighted by atomic mass is 15.1. The van der Waals surface area contributed by atoms with Gasteiger partial charge in [0.25, 0.3) is 0 Å². The van der Waals surface area contributed by atoms with Crippen LogP contribution in [0.2, 0.25) is 0 Å². The summed E-state index contributed by atoms with van der Waals surface area (Å²) in [5.74, 6) is 0. The lowest BCUT2D eigenvalue weighted by Gasteiger charge is -2.23. The second-order valence-electron chi connectivity index (χ2n) is 5.04. The molecule has 0 fully saturated rings. The summed E-state index contributed by atoms with van der Waals surface area (Å²) in [6.45, 7) is 7.24. The van der Waals surface area contributed by atoms with Crippen molar-refractivity contribution in [1.29, 1.82) is 0 Å². The van der Waals surface area contributed by atoms with Crippen molar-refractivity contribution in [3.05, 3.63) is 53.9 Å². The standard InChI is InChI=1S/C17H23N3/c1-4-16(18)17-10-9-15(12-19-17)20(5-2)14-8-6-7-13(3)11-14/h6-12,16H,4-5,18H2,1-3H3. The van der Waals surface area contributed by atoms with Crippen molar-refractivity contribution < 1.29 is 0 Å². The van der Waals surface area contributed by atoms with E-state index in [2.05, 4.69) is 61.0 Å². The van der Waals surface area contributed by atoms with E-state index < -0.39 is 0 Å². The van der Waals surface area contributed by atoms with Gasteiger partial charge in [0, 0.05) is 18.3 Å². The number of pyridine rings is 1. The van der Waals surface area contributed by atoms with Crippen LogP contribution in [0.5, 0.6) is 0 Å². The Bertz CT molecular complexity index is 548. The first-order valence-corrected chi connectivity index (χ1v) is 7.21. The van der Waals surface area contributed by atoms with Crippen LogP contribution in [0.1, 0.15) is 37.6 Å². The minimum absolute atomic E-state index is 0.0260. The van der Waals surface area contributed by atoms with Gasteiger partial charge in [0.15, 0.2) is 0 Å². The van der Waals surface area contributed by atoms with Crippen LogP contribution in [0.15, 0.2) is 42.6 Å². The monoisotopic (exact) mass is 269 g/mol. The minimum atomic E-state index is 0.0260. The molecule has 0 amide bonds. The molecule has 1 atom stereocenters. The third-order valence-corrected chi connectivity index (χ3v) is 3.53. The summed E-state index contributed by atoms with van der Waals surface area (Å²) in [6, 6.07) is 12.7. The molecule has 2 rings (SSSR count). The van der Waals surface area contributed by atoms with Crippen LogP contribution in [0.3, 0.4) is 0 Å². The summed E-state index contributed by atoms with van der Waals surface area (Å²) in [4.78, 5) is 6.75. The smallest absolute Gasteiger partial charge is 0.0597 e. The van der Waals surface area contributed by atoms with Crippen LogP contribution in [-0.4, -0.2) is 11.5 Å². The van der Waals surface area contributed by atoms with Crippen molar-refractivity contribution in [2.45, 2.75) is 33.2 Å². The topological polar surface area (TPSA) is 42.1 Å². The fourth-order valence-corrected chi connectivity index (χ4v) is 2.30. The molecule has 1 aromatic carbocycles. The third kappa shape index (κ3) is 3.17. The number of aryl methyl sites for hydroxylation is 1. The Labute approximate surface area is 121 Å². The maximum absolute atomic E-state index is 6.01. The molecule has 3 nitrogen and oxygen atoms in total. The highest BCUT2D eigenvalue weighted by Crippen LogP contribution is 2.26. The summed E-state index contributed by atoms with van der Waals surface area (Å²) in [6.07, 6.45) is 2.82. The molecule has 2 aromatic rings. The van der Waals surface area contributed by atoms with Gasteiger partial charge in [-0.1, -0.05) is 19.1 Å². The van der Waals surface area contributed by atoms with Gasteiger partial charge >= 0.3 is 0 Å². The Morgan fingerprint density at radius 2 is 1.95 bits per heavy atom. The molecule has 1 unspecified atom stereocenters. The fraction of sp³-hybridized carbons (Fsp3) is 0.353. The molecule has 106 valence electrons. The Hall–Kier alpha value is -1.87. The number of anilines is 2. The molecule has 3 heteroatoms. The van der Waals surface area contributed by atoms with E-state index >= 15 is 0 Å². The van der Waals surface area contributed by atoms with Crippen LogP contribution in [0, 0.1) is 6.92 Å². The van der Waals surface area contributed by atoms with E-state index in [4.69, 9.17) is 5.73 Å². The predicted octanol–water partition coefficient (Wildman–Crippen LogP) is 3.96. The van der Waals surface area contributed by atoms with Crippen molar-refractivity contribution >= 4 is 11.4 Å². The quantitative estimate of drug-likeness (QED) is 0.893. The normalized spacial score (nSPS) is 12.2. The largest absolute Gasteiger partial charge is 0.341 e. The van der Waals surface area contributed by atoms with Gasteiger partial charge in [-0.15, -0.1) is 0 Å². The fourth-order valence-electron chi connectivity index (χ4n) is 2.30. The molecule has 20 heavy (non-hydrogen) atoms. The van der Waals surface area contributed by atoms with E-state index in [1.54, 1.807) is 0 Å². The maximum Gasteiger partial charge on any atom is 0.0597 e. The second kappa shape index (κ2) is 6.53. The average Bonchev–Trinajstić information content (AvgIpc) is 2.48. The van der Waals surface area contributed by atoms with E-state index in [-0.39, 0.29) is 6.04 Å². The maximum atomic E-state index is 6.01. The Kier molecular flexibility index (Phi) is 4.74.